The van der Waals surface area contributed by atoms with Crippen molar-refractivity contribution in [3.05, 3.63) is 29.3 Å². The van der Waals surface area contributed by atoms with Gasteiger partial charge in [-0.2, -0.15) is 0 Å². The molecule has 1 N–H and O–H groups in total. The first-order valence-electron chi connectivity index (χ1n) is 6.65. The SMILES string of the molecule is CC(C)CCC(C)NC(=O)CSc1ccc(Cl)cc1. The molecule has 0 aliphatic rings. The summed E-state index contributed by atoms with van der Waals surface area (Å²) in [6.45, 7) is 6.46. The maximum absolute atomic E-state index is 11.8. The number of benzene rings is 1. The van der Waals surface area contributed by atoms with Crippen LogP contribution in [0.2, 0.25) is 5.02 Å². The van der Waals surface area contributed by atoms with Gasteiger partial charge in [0.1, 0.15) is 0 Å². The van der Waals surface area contributed by atoms with Crippen LogP contribution in [0.25, 0.3) is 0 Å². The predicted octanol–water partition coefficient (Wildman–Crippen LogP) is 4.37. The first kappa shape index (κ1) is 16.4. The molecule has 0 saturated carbocycles. The zero-order chi connectivity index (χ0) is 14.3. The molecular weight excluding hydrogens is 278 g/mol. The van der Waals surface area contributed by atoms with Gasteiger partial charge in [-0.15, -0.1) is 11.8 Å². The van der Waals surface area contributed by atoms with Crippen molar-refractivity contribution in [3.8, 4) is 0 Å². The Hall–Kier alpha value is -0.670. The van der Waals surface area contributed by atoms with Crippen LogP contribution in [0.15, 0.2) is 29.2 Å². The summed E-state index contributed by atoms with van der Waals surface area (Å²) in [5.74, 6) is 1.23. The highest BCUT2D eigenvalue weighted by Crippen LogP contribution is 2.20. The van der Waals surface area contributed by atoms with Crippen LogP contribution < -0.4 is 5.32 Å². The molecule has 106 valence electrons. The van der Waals surface area contributed by atoms with Gasteiger partial charge in [0, 0.05) is 16.0 Å². The third-order valence-electron chi connectivity index (χ3n) is 2.77. The molecule has 0 bridgehead atoms. The van der Waals surface area contributed by atoms with Crippen molar-refractivity contribution in [1.29, 1.82) is 0 Å². The summed E-state index contributed by atoms with van der Waals surface area (Å²) in [4.78, 5) is 12.8. The monoisotopic (exact) mass is 299 g/mol. The van der Waals surface area contributed by atoms with Crippen molar-refractivity contribution < 1.29 is 4.79 Å². The summed E-state index contributed by atoms with van der Waals surface area (Å²) in [5, 5.41) is 3.75. The third-order valence-corrected chi connectivity index (χ3v) is 4.03. The van der Waals surface area contributed by atoms with Gasteiger partial charge in [0.25, 0.3) is 0 Å². The molecule has 0 heterocycles. The van der Waals surface area contributed by atoms with Gasteiger partial charge in [-0.05, 0) is 49.9 Å². The fourth-order valence-electron chi connectivity index (χ4n) is 1.65. The lowest BCUT2D eigenvalue weighted by Crippen LogP contribution is -2.33. The quantitative estimate of drug-likeness (QED) is 0.757. The summed E-state index contributed by atoms with van der Waals surface area (Å²) in [6, 6.07) is 7.80. The highest BCUT2D eigenvalue weighted by molar-refractivity contribution is 8.00. The van der Waals surface area contributed by atoms with E-state index in [-0.39, 0.29) is 11.9 Å². The maximum atomic E-state index is 11.8. The number of rotatable bonds is 7. The molecular formula is C15H22ClNOS. The van der Waals surface area contributed by atoms with Crippen LogP contribution >= 0.6 is 23.4 Å². The van der Waals surface area contributed by atoms with Crippen LogP contribution in [0.4, 0.5) is 0 Å². The Morgan fingerprint density at radius 2 is 1.84 bits per heavy atom. The Balaban J connectivity index is 2.25. The van der Waals surface area contributed by atoms with Gasteiger partial charge in [-0.3, -0.25) is 4.79 Å². The van der Waals surface area contributed by atoms with Gasteiger partial charge in [0.2, 0.25) is 5.91 Å². The molecule has 1 unspecified atom stereocenters. The fourth-order valence-corrected chi connectivity index (χ4v) is 2.49. The Bertz CT molecular complexity index is 392. The zero-order valence-electron chi connectivity index (χ0n) is 11.8. The number of halogens is 1. The molecule has 0 aromatic heterocycles. The van der Waals surface area contributed by atoms with Crippen LogP contribution in [-0.4, -0.2) is 17.7 Å². The van der Waals surface area contributed by atoms with Crippen LogP contribution in [-0.2, 0) is 4.79 Å². The molecule has 0 spiro atoms. The van der Waals surface area contributed by atoms with Gasteiger partial charge in [0.05, 0.1) is 5.75 Å². The maximum Gasteiger partial charge on any atom is 0.230 e. The van der Waals surface area contributed by atoms with Crippen molar-refractivity contribution >= 4 is 29.3 Å². The van der Waals surface area contributed by atoms with Crippen molar-refractivity contribution in [1.82, 2.24) is 5.32 Å². The number of hydrogen-bond acceptors (Lipinski definition) is 2. The van der Waals surface area contributed by atoms with Crippen LogP contribution in [0.3, 0.4) is 0 Å². The molecule has 0 saturated heterocycles. The van der Waals surface area contributed by atoms with Crippen LogP contribution in [0.5, 0.6) is 0 Å². The van der Waals surface area contributed by atoms with E-state index < -0.39 is 0 Å². The summed E-state index contributed by atoms with van der Waals surface area (Å²) < 4.78 is 0. The molecule has 4 heteroatoms. The largest absolute Gasteiger partial charge is 0.353 e. The van der Waals surface area contributed by atoms with E-state index in [1.54, 1.807) is 0 Å². The van der Waals surface area contributed by atoms with Crippen LogP contribution in [0.1, 0.15) is 33.6 Å². The van der Waals surface area contributed by atoms with Crippen molar-refractivity contribution in [2.24, 2.45) is 5.92 Å². The number of nitrogens with one attached hydrogen (secondary N) is 1. The van der Waals surface area contributed by atoms with Crippen molar-refractivity contribution in [2.75, 3.05) is 5.75 Å². The highest BCUT2D eigenvalue weighted by atomic mass is 35.5. The summed E-state index contributed by atoms with van der Waals surface area (Å²) in [6.07, 6.45) is 2.18. The van der Waals surface area contributed by atoms with E-state index in [0.29, 0.717) is 11.7 Å². The molecule has 19 heavy (non-hydrogen) atoms. The Labute approximate surface area is 125 Å². The third kappa shape index (κ3) is 7.48. The molecule has 1 aromatic rings. The second kappa shape index (κ2) is 8.49. The van der Waals surface area contributed by atoms with E-state index >= 15 is 0 Å². The van der Waals surface area contributed by atoms with Crippen molar-refractivity contribution in [2.45, 2.75) is 44.6 Å². The van der Waals surface area contributed by atoms with Crippen LogP contribution in [0, 0.1) is 5.92 Å². The minimum absolute atomic E-state index is 0.0937. The minimum atomic E-state index is 0.0937. The lowest BCUT2D eigenvalue weighted by Gasteiger charge is -2.14. The van der Waals surface area contributed by atoms with Gasteiger partial charge in [0.15, 0.2) is 0 Å². The number of thioether (sulfide) groups is 1. The Morgan fingerprint density at radius 3 is 2.42 bits per heavy atom. The van der Waals surface area contributed by atoms with Gasteiger partial charge in [-0.1, -0.05) is 25.4 Å². The lowest BCUT2D eigenvalue weighted by molar-refractivity contribution is -0.119. The lowest BCUT2D eigenvalue weighted by atomic mass is 10.0. The van der Waals surface area contributed by atoms with Gasteiger partial charge >= 0.3 is 0 Å². The van der Waals surface area contributed by atoms with E-state index in [4.69, 9.17) is 11.6 Å². The molecule has 1 atom stereocenters. The second-order valence-corrected chi connectivity index (χ2v) is 6.67. The van der Waals surface area contributed by atoms with Crippen molar-refractivity contribution in [3.63, 3.8) is 0 Å². The van der Waals surface area contributed by atoms with Gasteiger partial charge < -0.3 is 5.32 Å². The molecule has 0 aliphatic heterocycles. The first-order chi connectivity index (χ1) is 8.97. The topological polar surface area (TPSA) is 29.1 Å². The van der Waals surface area contributed by atoms with E-state index in [0.717, 1.165) is 22.8 Å². The van der Waals surface area contributed by atoms with E-state index in [9.17, 15) is 4.79 Å². The number of hydrogen-bond donors (Lipinski definition) is 1. The number of amides is 1. The Morgan fingerprint density at radius 1 is 1.21 bits per heavy atom. The molecule has 0 radical (unpaired) electrons. The Kier molecular flexibility index (Phi) is 7.32. The molecule has 0 fully saturated rings. The second-order valence-electron chi connectivity index (χ2n) is 5.18. The summed E-state index contributed by atoms with van der Waals surface area (Å²) >= 11 is 7.35. The predicted molar refractivity (Wildman–Crippen MR) is 83.9 cm³/mol. The summed E-state index contributed by atoms with van der Waals surface area (Å²) in [5.41, 5.74) is 0. The highest BCUT2D eigenvalue weighted by Gasteiger charge is 2.08. The van der Waals surface area contributed by atoms with E-state index in [1.807, 2.05) is 24.3 Å². The average molecular weight is 300 g/mol. The van der Waals surface area contributed by atoms with E-state index in [1.165, 1.54) is 11.8 Å². The molecule has 1 amide bonds. The smallest absolute Gasteiger partial charge is 0.230 e. The fraction of sp³-hybridized carbons (Fsp3) is 0.533. The molecule has 2 nitrogen and oxygen atoms in total. The summed E-state index contributed by atoms with van der Waals surface area (Å²) in [7, 11) is 0. The number of carbonyl (C=O) groups is 1. The standard InChI is InChI=1S/C15H22ClNOS/c1-11(2)4-5-12(3)17-15(18)10-19-14-8-6-13(16)7-9-14/h6-9,11-12H,4-5,10H2,1-3H3,(H,17,18). The molecule has 0 aliphatic carbocycles. The number of carbonyl (C=O) groups excluding carboxylic acids is 1. The first-order valence-corrected chi connectivity index (χ1v) is 8.01. The molecule has 1 aromatic carbocycles. The average Bonchev–Trinajstić information content (AvgIpc) is 2.36. The normalized spacial score (nSPS) is 12.5. The van der Waals surface area contributed by atoms with Gasteiger partial charge in [-0.25, -0.2) is 0 Å². The van der Waals surface area contributed by atoms with E-state index in [2.05, 4.69) is 26.1 Å². The zero-order valence-corrected chi connectivity index (χ0v) is 13.4. The minimum Gasteiger partial charge on any atom is -0.353 e. The molecule has 1 rings (SSSR count).